The van der Waals surface area contributed by atoms with Gasteiger partial charge in [-0.1, -0.05) is 55.2 Å². The van der Waals surface area contributed by atoms with E-state index in [1.807, 2.05) is 33.8 Å². The number of halogens is 2. The van der Waals surface area contributed by atoms with Crippen LogP contribution >= 0.6 is 23.2 Å². The second-order valence-corrected chi connectivity index (χ2v) is 11.7. The lowest BCUT2D eigenvalue weighted by molar-refractivity contribution is -0.140. The van der Waals surface area contributed by atoms with Crippen molar-refractivity contribution >= 4 is 50.7 Å². The van der Waals surface area contributed by atoms with E-state index >= 15 is 0 Å². The van der Waals surface area contributed by atoms with Crippen LogP contribution in [0.4, 0.5) is 5.69 Å². The Kier molecular flexibility index (Phi) is 10.6. The fourth-order valence-corrected chi connectivity index (χ4v) is 5.23. The van der Waals surface area contributed by atoms with Crippen LogP contribution in [0.1, 0.15) is 50.3 Å². The summed E-state index contributed by atoms with van der Waals surface area (Å²) in [7, 11) is -3.82. The van der Waals surface area contributed by atoms with Crippen LogP contribution in [0.15, 0.2) is 36.4 Å². The summed E-state index contributed by atoms with van der Waals surface area (Å²) in [6.07, 6.45) is 2.10. The highest BCUT2D eigenvalue weighted by molar-refractivity contribution is 7.92. The fourth-order valence-electron chi connectivity index (χ4n) is 3.81. The second-order valence-electron chi connectivity index (χ2n) is 8.95. The van der Waals surface area contributed by atoms with Gasteiger partial charge >= 0.3 is 0 Å². The third kappa shape index (κ3) is 7.37. The maximum atomic E-state index is 13.8. The van der Waals surface area contributed by atoms with Gasteiger partial charge in [0.2, 0.25) is 21.8 Å². The van der Waals surface area contributed by atoms with Crippen LogP contribution in [0.5, 0.6) is 0 Å². The zero-order chi connectivity index (χ0) is 27.2. The molecule has 2 aromatic rings. The first-order chi connectivity index (χ1) is 16.8. The average molecular weight is 557 g/mol. The van der Waals surface area contributed by atoms with Gasteiger partial charge < -0.3 is 10.2 Å². The van der Waals surface area contributed by atoms with E-state index in [9.17, 15) is 18.0 Å². The summed E-state index contributed by atoms with van der Waals surface area (Å²) in [6, 6.07) is 9.36. The van der Waals surface area contributed by atoms with Crippen LogP contribution < -0.4 is 9.62 Å². The monoisotopic (exact) mass is 555 g/mol. The highest BCUT2D eigenvalue weighted by atomic mass is 35.5. The molecule has 7 nitrogen and oxygen atoms in total. The molecule has 0 aliphatic carbocycles. The second kappa shape index (κ2) is 12.8. The summed E-state index contributed by atoms with van der Waals surface area (Å²) in [6.45, 7) is 8.79. The molecule has 0 spiro atoms. The third-order valence-corrected chi connectivity index (χ3v) is 8.14. The molecule has 0 aliphatic heterocycles. The molecule has 1 N–H and O–H groups in total. The number of carbonyl (C=O) groups excluding carboxylic acids is 2. The lowest BCUT2D eigenvalue weighted by Gasteiger charge is -2.34. The van der Waals surface area contributed by atoms with Crippen LogP contribution in [-0.4, -0.2) is 50.0 Å². The van der Waals surface area contributed by atoms with Gasteiger partial charge in [-0.25, -0.2) is 8.42 Å². The first-order valence-corrected chi connectivity index (χ1v) is 14.5. The molecule has 2 amide bonds. The number of rotatable bonds is 11. The van der Waals surface area contributed by atoms with E-state index in [1.165, 1.54) is 4.90 Å². The fraction of sp³-hybridized carbons (Fsp3) is 0.462. The molecule has 2 atom stereocenters. The Morgan fingerprint density at radius 2 is 1.58 bits per heavy atom. The molecular formula is C26H35Cl2N3O4S. The van der Waals surface area contributed by atoms with Crippen molar-refractivity contribution in [2.75, 3.05) is 17.1 Å². The van der Waals surface area contributed by atoms with Crippen LogP contribution in [0.2, 0.25) is 10.0 Å². The summed E-state index contributed by atoms with van der Waals surface area (Å²) < 4.78 is 26.7. The molecule has 2 rings (SSSR count). The van der Waals surface area contributed by atoms with E-state index in [0.29, 0.717) is 27.7 Å². The third-order valence-electron chi connectivity index (χ3n) is 6.30. The number of benzene rings is 2. The molecule has 0 radical (unpaired) electrons. The van der Waals surface area contributed by atoms with Crippen molar-refractivity contribution in [2.24, 2.45) is 0 Å². The highest BCUT2D eigenvalue weighted by Gasteiger charge is 2.33. The van der Waals surface area contributed by atoms with Crippen molar-refractivity contribution in [1.29, 1.82) is 0 Å². The first kappa shape index (κ1) is 29.9. The highest BCUT2D eigenvalue weighted by Crippen LogP contribution is 2.29. The number of aryl methyl sites for hydroxylation is 1. The van der Waals surface area contributed by atoms with Crippen molar-refractivity contribution in [3.05, 3.63) is 63.1 Å². The van der Waals surface area contributed by atoms with Crippen LogP contribution in [0.25, 0.3) is 0 Å². The van der Waals surface area contributed by atoms with Crippen molar-refractivity contribution in [3.63, 3.8) is 0 Å². The lowest BCUT2D eigenvalue weighted by Crippen LogP contribution is -2.53. The molecule has 198 valence electrons. The van der Waals surface area contributed by atoms with E-state index in [-0.39, 0.29) is 18.5 Å². The Labute approximate surface area is 224 Å². The molecule has 0 saturated heterocycles. The molecule has 0 fully saturated rings. The van der Waals surface area contributed by atoms with Gasteiger partial charge in [0, 0.05) is 28.2 Å². The van der Waals surface area contributed by atoms with Crippen molar-refractivity contribution in [1.82, 2.24) is 10.2 Å². The summed E-state index contributed by atoms with van der Waals surface area (Å²) in [4.78, 5) is 28.4. The minimum atomic E-state index is -3.82. The Bertz CT molecular complexity index is 1180. The minimum absolute atomic E-state index is 0.0474. The predicted molar refractivity (Wildman–Crippen MR) is 147 cm³/mol. The smallest absolute Gasteiger partial charge is 0.244 e. The first-order valence-electron chi connectivity index (χ1n) is 11.9. The predicted octanol–water partition coefficient (Wildman–Crippen LogP) is 5.10. The van der Waals surface area contributed by atoms with E-state index in [0.717, 1.165) is 28.1 Å². The van der Waals surface area contributed by atoms with Crippen LogP contribution in [0, 0.1) is 13.8 Å². The molecule has 0 aromatic heterocycles. The Balaban J connectivity index is 2.55. The SMILES string of the molecule is CC[C@H](C)NC(=O)[C@H](CC)N(Cc1c(Cl)cccc1Cl)C(=O)CN(c1cccc(C)c1C)S(C)(=O)=O. The Morgan fingerprint density at radius 3 is 2.11 bits per heavy atom. The Morgan fingerprint density at radius 1 is 1.00 bits per heavy atom. The summed E-state index contributed by atoms with van der Waals surface area (Å²) in [5.74, 6) is -0.857. The van der Waals surface area contributed by atoms with Crippen molar-refractivity contribution in [3.8, 4) is 0 Å². The molecule has 10 heteroatoms. The molecule has 0 bridgehead atoms. The molecule has 0 aliphatic rings. The maximum absolute atomic E-state index is 13.8. The molecule has 0 saturated carbocycles. The number of amides is 2. The molecule has 2 aromatic carbocycles. The van der Waals surface area contributed by atoms with Crippen LogP contribution in [-0.2, 0) is 26.2 Å². The number of hydrogen-bond donors (Lipinski definition) is 1. The normalized spacial score (nSPS) is 13.1. The number of nitrogens with one attached hydrogen (secondary N) is 1. The van der Waals surface area contributed by atoms with Crippen molar-refractivity contribution < 1.29 is 18.0 Å². The van der Waals surface area contributed by atoms with Crippen molar-refractivity contribution in [2.45, 2.75) is 66.1 Å². The number of anilines is 1. The Hall–Kier alpha value is -2.29. The molecule has 36 heavy (non-hydrogen) atoms. The summed E-state index contributed by atoms with van der Waals surface area (Å²) in [5, 5.41) is 3.64. The largest absolute Gasteiger partial charge is 0.352 e. The van der Waals surface area contributed by atoms with Gasteiger partial charge in [0.05, 0.1) is 11.9 Å². The van der Waals surface area contributed by atoms with E-state index in [2.05, 4.69) is 5.32 Å². The minimum Gasteiger partial charge on any atom is -0.352 e. The van der Waals surface area contributed by atoms with Crippen LogP contribution in [0.3, 0.4) is 0 Å². The standard InChI is InChI=1S/C26H35Cl2N3O4S/c1-7-18(4)29-26(33)23(8-2)30(15-20-21(27)12-10-13-22(20)28)25(32)16-31(36(6,34)35)24-14-9-11-17(3)19(24)5/h9-14,18,23H,7-8,15-16H2,1-6H3,(H,29,33)/t18-,23-/m0/s1. The lowest BCUT2D eigenvalue weighted by atomic mass is 10.1. The number of carbonyl (C=O) groups is 2. The van der Waals surface area contributed by atoms with Gasteiger partial charge in [0.1, 0.15) is 12.6 Å². The van der Waals surface area contributed by atoms with E-state index in [4.69, 9.17) is 23.2 Å². The van der Waals surface area contributed by atoms with Gasteiger partial charge in [-0.3, -0.25) is 13.9 Å². The molecule has 0 heterocycles. The molecule has 0 unspecified atom stereocenters. The van der Waals surface area contributed by atoms with Gasteiger partial charge in [-0.2, -0.15) is 0 Å². The number of sulfonamides is 1. The maximum Gasteiger partial charge on any atom is 0.244 e. The van der Waals surface area contributed by atoms with Gasteiger partial charge in [0.15, 0.2) is 0 Å². The van der Waals surface area contributed by atoms with E-state index in [1.54, 1.807) is 37.3 Å². The van der Waals surface area contributed by atoms with Gasteiger partial charge in [0.25, 0.3) is 0 Å². The average Bonchev–Trinajstić information content (AvgIpc) is 2.80. The number of hydrogen-bond acceptors (Lipinski definition) is 4. The summed E-state index contributed by atoms with van der Waals surface area (Å²) >= 11 is 12.8. The zero-order valence-corrected chi connectivity index (χ0v) is 24.0. The van der Waals surface area contributed by atoms with Gasteiger partial charge in [-0.15, -0.1) is 0 Å². The number of nitrogens with zero attached hydrogens (tertiary/aromatic N) is 2. The quantitative estimate of drug-likeness (QED) is 0.418. The van der Waals surface area contributed by atoms with E-state index < -0.39 is 28.5 Å². The summed E-state index contributed by atoms with van der Waals surface area (Å²) in [5.41, 5.74) is 2.55. The molecular weight excluding hydrogens is 521 g/mol. The topological polar surface area (TPSA) is 86.8 Å². The van der Waals surface area contributed by atoms with Gasteiger partial charge in [-0.05, 0) is 62.9 Å². The zero-order valence-electron chi connectivity index (χ0n) is 21.6.